The zero-order chi connectivity index (χ0) is 12.8. The highest BCUT2D eigenvalue weighted by molar-refractivity contribution is 5.82. The maximum absolute atomic E-state index is 11.7. The Bertz CT molecular complexity index is 442. The molecule has 0 bridgehead atoms. The highest BCUT2D eigenvalue weighted by Gasteiger charge is 2.22. The van der Waals surface area contributed by atoms with Crippen molar-refractivity contribution in [2.75, 3.05) is 0 Å². The third-order valence-corrected chi connectivity index (χ3v) is 3.51. The van der Waals surface area contributed by atoms with Gasteiger partial charge in [0, 0.05) is 12.3 Å². The number of rotatable bonds is 4. The SMILES string of the molecule is C=C1CCC(=O)[C@H](CC/C=C/c2ccccc2)C1. The average Bonchev–Trinajstić information content (AvgIpc) is 2.40. The number of allylic oxidation sites excluding steroid dienone is 2. The van der Waals surface area contributed by atoms with Crippen LogP contribution in [-0.2, 0) is 4.79 Å². The van der Waals surface area contributed by atoms with Gasteiger partial charge in [-0.05, 0) is 31.2 Å². The summed E-state index contributed by atoms with van der Waals surface area (Å²) in [5.74, 6) is 0.641. The van der Waals surface area contributed by atoms with E-state index in [4.69, 9.17) is 0 Å². The van der Waals surface area contributed by atoms with E-state index in [9.17, 15) is 4.79 Å². The molecule has 0 aromatic heterocycles. The molecular formula is C17H20O. The molecule has 1 aromatic carbocycles. The second-order valence-electron chi connectivity index (χ2n) is 5.01. The van der Waals surface area contributed by atoms with Gasteiger partial charge in [-0.2, -0.15) is 0 Å². The first-order valence-electron chi connectivity index (χ1n) is 6.66. The smallest absolute Gasteiger partial charge is 0.136 e. The number of Topliss-reactive ketones (excluding diaryl/α,β-unsaturated/α-hetero) is 1. The molecule has 0 heterocycles. The molecule has 1 fully saturated rings. The monoisotopic (exact) mass is 240 g/mol. The van der Waals surface area contributed by atoms with Gasteiger partial charge in [-0.25, -0.2) is 0 Å². The van der Waals surface area contributed by atoms with E-state index in [1.54, 1.807) is 0 Å². The lowest BCUT2D eigenvalue weighted by Crippen LogP contribution is -2.19. The second-order valence-corrected chi connectivity index (χ2v) is 5.01. The second kappa shape index (κ2) is 6.34. The summed E-state index contributed by atoms with van der Waals surface area (Å²) in [6.07, 6.45) is 8.72. The van der Waals surface area contributed by atoms with Crippen molar-refractivity contribution < 1.29 is 4.79 Å². The molecule has 0 N–H and O–H groups in total. The highest BCUT2D eigenvalue weighted by atomic mass is 16.1. The molecule has 0 unspecified atom stereocenters. The molecule has 0 radical (unpaired) electrons. The van der Waals surface area contributed by atoms with Crippen molar-refractivity contribution in [2.45, 2.75) is 32.1 Å². The van der Waals surface area contributed by atoms with Crippen molar-refractivity contribution in [1.29, 1.82) is 0 Å². The van der Waals surface area contributed by atoms with Gasteiger partial charge in [0.25, 0.3) is 0 Å². The van der Waals surface area contributed by atoms with E-state index in [1.165, 1.54) is 11.1 Å². The van der Waals surface area contributed by atoms with Crippen LogP contribution in [0.25, 0.3) is 6.08 Å². The number of carbonyl (C=O) groups is 1. The maximum Gasteiger partial charge on any atom is 0.136 e. The summed E-state index contributed by atoms with van der Waals surface area (Å²) in [5.41, 5.74) is 2.46. The van der Waals surface area contributed by atoms with Crippen molar-refractivity contribution in [2.24, 2.45) is 5.92 Å². The highest BCUT2D eigenvalue weighted by Crippen LogP contribution is 2.27. The fraction of sp³-hybridized carbons (Fsp3) is 0.353. The molecule has 0 aliphatic heterocycles. The minimum absolute atomic E-state index is 0.215. The summed E-state index contributed by atoms with van der Waals surface area (Å²) < 4.78 is 0. The van der Waals surface area contributed by atoms with E-state index in [1.807, 2.05) is 18.2 Å². The zero-order valence-electron chi connectivity index (χ0n) is 10.8. The van der Waals surface area contributed by atoms with Gasteiger partial charge in [0.15, 0.2) is 0 Å². The van der Waals surface area contributed by atoms with Crippen LogP contribution in [0.2, 0.25) is 0 Å². The summed E-state index contributed by atoms with van der Waals surface area (Å²) in [6, 6.07) is 10.3. The van der Waals surface area contributed by atoms with Gasteiger partial charge in [0.05, 0.1) is 0 Å². The molecule has 1 saturated carbocycles. The molecule has 1 aliphatic rings. The third-order valence-electron chi connectivity index (χ3n) is 3.51. The normalized spacial score (nSPS) is 20.6. The van der Waals surface area contributed by atoms with E-state index in [2.05, 4.69) is 30.9 Å². The molecule has 18 heavy (non-hydrogen) atoms. The van der Waals surface area contributed by atoms with Gasteiger partial charge in [0.1, 0.15) is 5.78 Å². The van der Waals surface area contributed by atoms with E-state index < -0.39 is 0 Å². The largest absolute Gasteiger partial charge is 0.299 e. The van der Waals surface area contributed by atoms with E-state index in [0.717, 1.165) is 25.7 Å². The topological polar surface area (TPSA) is 17.1 Å². The van der Waals surface area contributed by atoms with Crippen LogP contribution in [0, 0.1) is 5.92 Å². The molecule has 1 nitrogen and oxygen atoms in total. The van der Waals surface area contributed by atoms with Gasteiger partial charge in [-0.3, -0.25) is 4.79 Å². The van der Waals surface area contributed by atoms with Gasteiger partial charge < -0.3 is 0 Å². The summed E-state index contributed by atoms with van der Waals surface area (Å²) >= 11 is 0. The summed E-state index contributed by atoms with van der Waals surface area (Å²) in [6.45, 7) is 4.00. The first-order chi connectivity index (χ1) is 8.75. The molecule has 94 valence electrons. The van der Waals surface area contributed by atoms with Crippen LogP contribution in [0.1, 0.15) is 37.7 Å². The van der Waals surface area contributed by atoms with E-state index in [-0.39, 0.29) is 5.92 Å². The van der Waals surface area contributed by atoms with Crippen molar-refractivity contribution in [3.8, 4) is 0 Å². The van der Waals surface area contributed by atoms with Crippen LogP contribution in [-0.4, -0.2) is 5.78 Å². The van der Waals surface area contributed by atoms with Crippen LogP contribution in [0.5, 0.6) is 0 Å². The van der Waals surface area contributed by atoms with Gasteiger partial charge in [0.2, 0.25) is 0 Å². The lowest BCUT2D eigenvalue weighted by atomic mass is 9.82. The third kappa shape index (κ3) is 3.69. The Morgan fingerprint density at radius 3 is 2.78 bits per heavy atom. The summed E-state index contributed by atoms with van der Waals surface area (Å²) in [4.78, 5) is 11.7. The molecular weight excluding hydrogens is 220 g/mol. The van der Waals surface area contributed by atoms with Crippen LogP contribution in [0.4, 0.5) is 0 Å². The number of hydrogen-bond donors (Lipinski definition) is 0. The molecule has 2 rings (SSSR count). The van der Waals surface area contributed by atoms with Crippen LogP contribution in [0.15, 0.2) is 48.6 Å². The van der Waals surface area contributed by atoms with Gasteiger partial charge in [-0.15, -0.1) is 0 Å². The molecule has 0 amide bonds. The van der Waals surface area contributed by atoms with E-state index >= 15 is 0 Å². The van der Waals surface area contributed by atoms with Crippen molar-refractivity contribution >= 4 is 11.9 Å². The number of hydrogen-bond acceptors (Lipinski definition) is 1. The van der Waals surface area contributed by atoms with Crippen LogP contribution < -0.4 is 0 Å². The van der Waals surface area contributed by atoms with Crippen LogP contribution >= 0.6 is 0 Å². The van der Waals surface area contributed by atoms with Crippen molar-refractivity contribution in [1.82, 2.24) is 0 Å². The number of ketones is 1. The fourth-order valence-electron chi connectivity index (χ4n) is 2.41. The molecule has 1 aromatic rings. The Morgan fingerprint density at radius 1 is 1.22 bits per heavy atom. The molecule has 0 spiro atoms. The van der Waals surface area contributed by atoms with Crippen molar-refractivity contribution in [3.63, 3.8) is 0 Å². The van der Waals surface area contributed by atoms with Gasteiger partial charge in [-0.1, -0.05) is 54.6 Å². The summed E-state index contributed by atoms with van der Waals surface area (Å²) in [5, 5.41) is 0. The Labute approximate surface area is 109 Å². The quantitative estimate of drug-likeness (QED) is 0.713. The molecule has 0 saturated heterocycles. The lowest BCUT2D eigenvalue weighted by Gasteiger charge is -2.21. The average molecular weight is 240 g/mol. The fourth-order valence-corrected chi connectivity index (χ4v) is 2.41. The van der Waals surface area contributed by atoms with Gasteiger partial charge >= 0.3 is 0 Å². The van der Waals surface area contributed by atoms with Crippen molar-refractivity contribution in [3.05, 3.63) is 54.1 Å². The Balaban J connectivity index is 1.79. The maximum atomic E-state index is 11.7. The Hall–Kier alpha value is -1.63. The molecule has 1 aliphatic carbocycles. The zero-order valence-corrected chi connectivity index (χ0v) is 10.8. The number of carbonyl (C=O) groups excluding carboxylic acids is 1. The minimum Gasteiger partial charge on any atom is -0.299 e. The molecule has 1 atom stereocenters. The first-order valence-corrected chi connectivity index (χ1v) is 6.66. The Kier molecular flexibility index (Phi) is 4.52. The Morgan fingerprint density at radius 2 is 2.00 bits per heavy atom. The number of benzene rings is 1. The first kappa shape index (κ1) is 12.8. The lowest BCUT2D eigenvalue weighted by molar-refractivity contribution is -0.123. The molecule has 1 heteroatoms. The van der Waals surface area contributed by atoms with Crippen LogP contribution in [0.3, 0.4) is 0 Å². The minimum atomic E-state index is 0.215. The van der Waals surface area contributed by atoms with E-state index in [0.29, 0.717) is 12.2 Å². The predicted octanol–water partition coefficient (Wildman–Crippen LogP) is 4.41. The predicted molar refractivity (Wildman–Crippen MR) is 76.2 cm³/mol. The summed E-state index contributed by atoms with van der Waals surface area (Å²) in [7, 11) is 0. The standard InChI is InChI=1S/C17H20O/c1-14-11-12-17(18)16(13-14)10-6-5-9-15-7-3-2-4-8-15/h2-5,7-9,16H,1,6,10-13H2/b9-5+/t16-/m1/s1.